The predicted octanol–water partition coefficient (Wildman–Crippen LogP) is 2.84. The van der Waals surface area contributed by atoms with Crippen LogP contribution in [0.1, 0.15) is 18.9 Å². The number of piperazine rings is 1. The fourth-order valence-corrected chi connectivity index (χ4v) is 2.82. The molecule has 1 atom stereocenters. The van der Waals surface area contributed by atoms with Crippen LogP contribution in [0, 0.1) is 0 Å². The average Bonchev–Trinajstić information content (AvgIpc) is 3.11. The van der Waals surface area contributed by atoms with Crippen LogP contribution in [0.2, 0.25) is 5.02 Å². The van der Waals surface area contributed by atoms with Crippen molar-refractivity contribution in [1.29, 1.82) is 0 Å². The monoisotopic (exact) mass is 350 g/mol. The van der Waals surface area contributed by atoms with Crippen molar-refractivity contribution in [2.45, 2.75) is 13.0 Å². The van der Waals surface area contributed by atoms with Gasteiger partial charge in [-0.1, -0.05) is 16.8 Å². The Morgan fingerprint density at radius 2 is 1.92 bits per heavy atom. The van der Waals surface area contributed by atoms with E-state index in [2.05, 4.69) is 15.0 Å². The quantitative estimate of drug-likeness (QED) is 0.847. The first-order valence-electron chi connectivity index (χ1n) is 7.75. The Morgan fingerprint density at radius 1 is 1.25 bits per heavy atom. The van der Waals surface area contributed by atoms with E-state index in [0.717, 1.165) is 18.7 Å². The van der Waals surface area contributed by atoms with Crippen LogP contribution in [0.3, 0.4) is 0 Å². The molecule has 1 unspecified atom stereocenters. The summed E-state index contributed by atoms with van der Waals surface area (Å²) in [7, 11) is 1.40. The summed E-state index contributed by atoms with van der Waals surface area (Å²) >= 11 is 5.89. The Kier molecular flexibility index (Phi) is 5.01. The third-order valence-electron chi connectivity index (χ3n) is 4.20. The van der Waals surface area contributed by atoms with Crippen LogP contribution in [0.5, 0.6) is 0 Å². The fraction of sp³-hybridized carbons (Fsp3) is 0.438. The molecule has 128 valence electrons. The van der Waals surface area contributed by atoms with Gasteiger partial charge in [0.05, 0.1) is 13.2 Å². The van der Waals surface area contributed by atoms with Crippen molar-refractivity contribution in [3.8, 4) is 11.4 Å². The number of carbonyl (C=O) groups excluding carboxylic acids is 1. The van der Waals surface area contributed by atoms with Crippen molar-refractivity contribution in [3.05, 3.63) is 35.2 Å². The normalized spacial score (nSPS) is 16.9. The lowest BCUT2D eigenvalue weighted by molar-refractivity contribution is 0.0708. The molecule has 1 aromatic carbocycles. The maximum atomic E-state index is 11.5. The number of aromatic nitrogens is 2. The van der Waals surface area contributed by atoms with Crippen LogP contribution in [0.15, 0.2) is 28.8 Å². The van der Waals surface area contributed by atoms with Crippen molar-refractivity contribution < 1.29 is 14.1 Å². The molecule has 24 heavy (non-hydrogen) atoms. The molecule has 1 aliphatic heterocycles. The molecule has 1 aliphatic rings. The van der Waals surface area contributed by atoms with Gasteiger partial charge in [0, 0.05) is 36.8 Å². The van der Waals surface area contributed by atoms with Crippen molar-refractivity contribution in [2.75, 3.05) is 33.3 Å². The number of benzene rings is 1. The van der Waals surface area contributed by atoms with Crippen molar-refractivity contribution in [1.82, 2.24) is 19.9 Å². The maximum Gasteiger partial charge on any atom is 0.409 e. The highest BCUT2D eigenvalue weighted by Crippen LogP contribution is 2.24. The molecule has 3 rings (SSSR count). The van der Waals surface area contributed by atoms with Crippen LogP contribution in [-0.2, 0) is 4.74 Å². The van der Waals surface area contributed by atoms with Gasteiger partial charge >= 0.3 is 6.09 Å². The summed E-state index contributed by atoms with van der Waals surface area (Å²) in [6.45, 7) is 4.72. The van der Waals surface area contributed by atoms with E-state index in [9.17, 15) is 4.79 Å². The highest BCUT2D eigenvalue weighted by Gasteiger charge is 2.28. The van der Waals surface area contributed by atoms with Crippen LogP contribution < -0.4 is 0 Å². The Morgan fingerprint density at radius 3 is 2.54 bits per heavy atom. The molecule has 8 heteroatoms. The Hall–Kier alpha value is -2.12. The number of rotatable bonds is 3. The topological polar surface area (TPSA) is 71.7 Å². The smallest absolute Gasteiger partial charge is 0.409 e. The van der Waals surface area contributed by atoms with E-state index in [0.29, 0.717) is 29.8 Å². The third kappa shape index (κ3) is 3.52. The highest BCUT2D eigenvalue weighted by atomic mass is 35.5. The molecule has 1 amide bonds. The molecule has 2 heterocycles. The lowest BCUT2D eigenvalue weighted by Crippen LogP contribution is -2.49. The molecular formula is C16H19ClN4O3. The third-order valence-corrected chi connectivity index (χ3v) is 4.45. The lowest BCUT2D eigenvalue weighted by Gasteiger charge is -2.35. The number of hydrogen-bond donors (Lipinski definition) is 0. The summed E-state index contributed by atoms with van der Waals surface area (Å²) < 4.78 is 10.2. The summed E-state index contributed by atoms with van der Waals surface area (Å²) in [5.41, 5.74) is 0.858. The predicted molar refractivity (Wildman–Crippen MR) is 88.7 cm³/mol. The van der Waals surface area contributed by atoms with Gasteiger partial charge in [0.25, 0.3) is 0 Å². The van der Waals surface area contributed by atoms with E-state index in [1.165, 1.54) is 7.11 Å². The number of nitrogens with zero attached hydrogens (tertiary/aromatic N) is 4. The molecule has 0 aliphatic carbocycles. The number of halogens is 1. The molecule has 7 nitrogen and oxygen atoms in total. The largest absolute Gasteiger partial charge is 0.453 e. The number of carbonyl (C=O) groups is 1. The zero-order valence-electron chi connectivity index (χ0n) is 13.6. The van der Waals surface area contributed by atoms with Crippen molar-refractivity contribution in [2.24, 2.45) is 0 Å². The molecule has 1 fully saturated rings. The molecule has 0 bridgehead atoms. The zero-order chi connectivity index (χ0) is 17.1. The van der Waals surface area contributed by atoms with Crippen molar-refractivity contribution in [3.63, 3.8) is 0 Å². The van der Waals surface area contributed by atoms with E-state index in [1.807, 2.05) is 19.1 Å². The molecule has 2 aromatic rings. The van der Waals surface area contributed by atoms with E-state index in [1.54, 1.807) is 17.0 Å². The van der Waals surface area contributed by atoms with Crippen molar-refractivity contribution >= 4 is 17.7 Å². The maximum absolute atomic E-state index is 11.5. The minimum Gasteiger partial charge on any atom is -0.453 e. The number of hydrogen-bond acceptors (Lipinski definition) is 6. The average molecular weight is 351 g/mol. The minimum absolute atomic E-state index is 0.0154. The van der Waals surface area contributed by atoms with Gasteiger partial charge in [-0.15, -0.1) is 0 Å². The number of amides is 1. The summed E-state index contributed by atoms with van der Waals surface area (Å²) in [5.74, 6) is 1.10. The van der Waals surface area contributed by atoms with Gasteiger partial charge in [-0.2, -0.15) is 4.98 Å². The summed E-state index contributed by atoms with van der Waals surface area (Å²) in [4.78, 5) is 19.9. The van der Waals surface area contributed by atoms with Gasteiger partial charge < -0.3 is 14.2 Å². The second kappa shape index (κ2) is 7.19. The molecule has 0 N–H and O–H groups in total. The highest BCUT2D eigenvalue weighted by molar-refractivity contribution is 6.30. The van der Waals surface area contributed by atoms with Gasteiger partial charge in [-0.25, -0.2) is 4.79 Å². The second-order valence-corrected chi connectivity index (χ2v) is 6.07. The molecule has 1 aromatic heterocycles. The second-order valence-electron chi connectivity index (χ2n) is 5.63. The van der Waals surface area contributed by atoms with Gasteiger partial charge in [-0.3, -0.25) is 4.90 Å². The van der Waals surface area contributed by atoms with E-state index in [-0.39, 0.29) is 12.1 Å². The summed E-state index contributed by atoms with van der Waals surface area (Å²) in [5, 5.41) is 4.71. The first-order valence-corrected chi connectivity index (χ1v) is 8.13. The first kappa shape index (κ1) is 16.7. The van der Waals surface area contributed by atoms with Crippen LogP contribution in [0.4, 0.5) is 4.79 Å². The summed E-state index contributed by atoms with van der Waals surface area (Å²) in [6, 6.07) is 7.29. The Labute approximate surface area is 145 Å². The Bertz CT molecular complexity index is 696. The van der Waals surface area contributed by atoms with Gasteiger partial charge in [0.1, 0.15) is 0 Å². The number of methoxy groups -OCH3 is 1. The van der Waals surface area contributed by atoms with Gasteiger partial charge in [-0.05, 0) is 31.2 Å². The van der Waals surface area contributed by atoms with Gasteiger partial charge in [0.2, 0.25) is 11.7 Å². The van der Waals surface area contributed by atoms with Crippen LogP contribution in [-0.4, -0.2) is 59.3 Å². The SMILES string of the molecule is COC(=O)N1CCN(C(C)c2nc(-c3ccc(Cl)cc3)no2)CC1. The molecule has 0 spiro atoms. The van der Waals surface area contributed by atoms with Crippen LogP contribution >= 0.6 is 11.6 Å². The van der Waals surface area contributed by atoms with Gasteiger partial charge in [0.15, 0.2) is 0 Å². The molecular weight excluding hydrogens is 332 g/mol. The Balaban J connectivity index is 1.65. The van der Waals surface area contributed by atoms with E-state index < -0.39 is 0 Å². The standard InChI is InChI=1S/C16H19ClN4O3/c1-11(20-7-9-21(10-8-20)16(22)23-2)15-18-14(19-24-15)12-3-5-13(17)6-4-12/h3-6,11H,7-10H2,1-2H3. The number of ether oxygens (including phenoxy) is 1. The van der Waals surface area contributed by atoms with Crippen LogP contribution in [0.25, 0.3) is 11.4 Å². The zero-order valence-corrected chi connectivity index (χ0v) is 14.4. The first-order chi connectivity index (χ1) is 11.6. The fourth-order valence-electron chi connectivity index (χ4n) is 2.70. The molecule has 0 radical (unpaired) electrons. The lowest BCUT2D eigenvalue weighted by atomic mass is 10.2. The summed E-state index contributed by atoms with van der Waals surface area (Å²) in [6.07, 6.45) is -0.287. The molecule has 0 saturated carbocycles. The molecule has 1 saturated heterocycles. The minimum atomic E-state index is -0.287. The van der Waals surface area contributed by atoms with E-state index in [4.69, 9.17) is 20.9 Å². The van der Waals surface area contributed by atoms with E-state index >= 15 is 0 Å².